The summed E-state index contributed by atoms with van der Waals surface area (Å²) in [6.07, 6.45) is -3.85. The highest BCUT2D eigenvalue weighted by Gasteiger charge is 2.39. The van der Waals surface area contributed by atoms with Crippen LogP contribution in [0.1, 0.15) is 37.5 Å². The summed E-state index contributed by atoms with van der Waals surface area (Å²) in [5, 5.41) is 10.4. The zero-order valence-electron chi connectivity index (χ0n) is 11.7. The van der Waals surface area contributed by atoms with E-state index in [1.54, 1.807) is 19.9 Å². The van der Waals surface area contributed by atoms with Crippen molar-refractivity contribution in [3.8, 4) is 0 Å². The lowest BCUT2D eigenvalue weighted by Gasteiger charge is -2.41. The maximum Gasteiger partial charge on any atom is 0.401 e. The lowest BCUT2D eigenvalue weighted by atomic mass is 9.84. The third-order valence-corrected chi connectivity index (χ3v) is 3.90. The molecular formula is C15H20F3NO. The van der Waals surface area contributed by atoms with Crippen LogP contribution in [0.3, 0.4) is 0 Å². The summed E-state index contributed by atoms with van der Waals surface area (Å²) in [5.74, 6) is 0. The number of benzene rings is 1. The molecule has 112 valence electrons. The summed E-state index contributed by atoms with van der Waals surface area (Å²) in [7, 11) is 0. The van der Waals surface area contributed by atoms with Gasteiger partial charge in [-0.1, -0.05) is 24.3 Å². The molecule has 0 saturated carbocycles. The van der Waals surface area contributed by atoms with Crippen LogP contribution in [0.5, 0.6) is 0 Å². The summed E-state index contributed by atoms with van der Waals surface area (Å²) in [5.41, 5.74) is 1.79. The predicted octanol–water partition coefficient (Wildman–Crippen LogP) is 3.31. The molecule has 0 saturated heterocycles. The van der Waals surface area contributed by atoms with E-state index in [-0.39, 0.29) is 6.04 Å². The molecule has 2 atom stereocenters. The fourth-order valence-corrected chi connectivity index (χ4v) is 2.96. The standard InChI is InChI=1S/C15H20F3NO/c1-10(2)19(9-15(16,17)18)13-8-7-11-5-3-4-6-12(11)14(13)20/h3-6,10,13-14,20H,7-9H2,1-2H3. The lowest BCUT2D eigenvalue weighted by molar-refractivity contribution is -0.162. The summed E-state index contributed by atoms with van der Waals surface area (Å²) in [6, 6.07) is 6.69. The first-order valence-electron chi connectivity index (χ1n) is 6.88. The minimum absolute atomic E-state index is 0.262. The Bertz CT molecular complexity index is 459. The number of aliphatic hydroxyl groups excluding tert-OH is 1. The Morgan fingerprint density at radius 3 is 2.55 bits per heavy atom. The quantitative estimate of drug-likeness (QED) is 0.922. The molecule has 1 aliphatic rings. The minimum atomic E-state index is -4.25. The molecule has 0 heterocycles. The molecule has 1 aromatic carbocycles. The molecule has 0 aliphatic heterocycles. The van der Waals surface area contributed by atoms with Gasteiger partial charge in [-0.15, -0.1) is 0 Å². The van der Waals surface area contributed by atoms with Gasteiger partial charge in [0.25, 0.3) is 0 Å². The number of nitrogens with zero attached hydrogens (tertiary/aromatic N) is 1. The third-order valence-electron chi connectivity index (χ3n) is 3.90. The Morgan fingerprint density at radius 1 is 1.30 bits per heavy atom. The van der Waals surface area contributed by atoms with Crippen molar-refractivity contribution < 1.29 is 18.3 Å². The van der Waals surface area contributed by atoms with Crippen LogP contribution in [0.25, 0.3) is 0 Å². The van der Waals surface area contributed by atoms with Crippen molar-refractivity contribution in [3.63, 3.8) is 0 Å². The predicted molar refractivity (Wildman–Crippen MR) is 71.4 cm³/mol. The van der Waals surface area contributed by atoms with Gasteiger partial charge in [-0.3, -0.25) is 4.90 Å². The normalized spacial score (nSPS) is 23.2. The topological polar surface area (TPSA) is 23.5 Å². The first-order valence-corrected chi connectivity index (χ1v) is 6.88. The second kappa shape index (κ2) is 5.74. The van der Waals surface area contributed by atoms with E-state index in [9.17, 15) is 18.3 Å². The van der Waals surface area contributed by atoms with E-state index < -0.39 is 24.9 Å². The Labute approximate surface area is 117 Å². The number of rotatable bonds is 3. The van der Waals surface area contributed by atoms with Gasteiger partial charge in [-0.25, -0.2) is 0 Å². The van der Waals surface area contributed by atoms with Crippen LogP contribution in [0, 0.1) is 0 Å². The largest absolute Gasteiger partial charge is 0.401 e. The van der Waals surface area contributed by atoms with Gasteiger partial charge < -0.3 is 5.11 Å². The Morgan fingerprint density at radius 2 is 1.95 bits per heavy atom. The molecule has 0 fully saturated rings. The van der Waals surface area contributed by atoms with Gasteiger partial charge in [0.15, 0.2) is 0 Å². The van der Waals surface area contributed by atoms with Crippen molar-refractivity contribution in [2.75, 3.05) is 6.54 Å². The van der Waals surface area contributed by atoms with Crippen molar-refractivity contribution in [1.29, 1.82) is 0 Å². The fourth-order valence-electron chi connectivity index (χ4n) is 2.96. The molecule has 1 aromatic rings. The number of halogens is 3. The van der Waals surface area contributed by atoms with E-state index in [0.717, 1.165) is 11.1 Å². The van der Waals surface area contributed by atoms with Gasteiger partial charge in [0.2, 0.25) is 0 Å². The Hall–Kier alpha value is -1.07. The first-order chi connectivity index (χ1) is 9.29. The number of alkyl halides is 3. The molecule has 20 heavy (non-hydrogen) atoms. The number of hydrogen-bond acceptors (Lipinski definition) is 2. The molecule has 5 heteroatoms. The minimum Gasteiger partial charge on any atom is -0.387 e. The number of hydrogen-bond donors (Lipinski definition) is 1. The summed E-state index contributed by atoms with van der Waals surface area (Å²) >= 11 is 0. The maximum absolute atomic E-state index is 12.7. The van der Waals surface area contributed by atoms with Crippen LogP contribution < -0.4 is 0 Å². The molecule has 0 bridgehead atoms. The molecule has 2 nitrogen and oxygen atoms in total. The maximum atomic E-state index is 12.7. The van der Waals surface area contributed by atoms with Crippen molar-refractivity contribution >= 4 is 0 Å². The third kappa shape index (κ3) is 3.33. The second-order valence-corrected chi connectivity index (χ2v) is 5.63. The summed E-state index contributed by atoms with van der Waals surface area (Å²) in [4.78, 5) is 1.36. The molecule has 2 rings (SSSR count). The molecule has 0 spiro atoms. The fraction of sp³-hybridized carbons (Fsp3) is 0.600. The molecule has 0 radical (unpaired) electrons. The van der Waals surface area contributed by atoms with E-state index in [4.69, 9.17) is 0 Å². The Balaban J connectivity index is 2.23. The van der Waals surface area contributed by atoms with E-state index in [2.05, 4.69) is 0 Å². The van der Waals surface area contributed by atoms with E-state index in [1.165, 1.54) is 4.90 Å². The van der Waals surface area contributed by atoms with Crippen LogP contribution in [0.4, 0.5) is 13.2 Å². The second-order valence-electron chi connectivity index (χ2n) is 5.63. The molecule has 2 unspecified atom stereocenters. The van der Waals surface area contributed by atoms with E-state index in [1.807, 2.05) is 18.2 Å². The highest BCUT2D eigenvalue weighted by Crippen LogP contribution is 2.35. The molecular weight excluding hydrogens is 267 g/mol. The van der Waals surface area contributed by atoms with Crippen molar-refractivity contribution in [2.45, 2.75) is 51.1 Å². The Kier molecular flexibility index (Phi) is 4.39. The SMILES string of the molecule is CC(C)N(CC(F)(F)F)C1CCc2ccccc2C1O. The smallest absolute Gasteiger partial charge is 0.387 e. The highest BCUT2D eigenvalue weighted by molar-refractivity contribution is 5.32. The first kappa shape index (κ1) is 15.3. The van der Waals surface area contributed by atoms with Gasteiger partial charge in [0, 0.05) is 12.1 Å². The molecule has 0 amide bonds. The van der Waals surface area contributed by atoms with Crippen LogP contribution >= 0.6 is 0 Å². The molecule has 0 aromatic heterocycles. The van der Waals surface area contributed by atoms with E-state index >= 15 is 0 Å². The van der Waals surface area contributed by atoms with Crippen LogP contribution in [-0.4, -0.2) is 34.8 Å². The van der Waals surface area contributed by atoms with Gasteiger partial charge >= 0.3 is 6.18 Å². The van der Waals surface area contributed by atoms with Gasteiger partial charge in [0.1, 0.15) is 0 Å². The van der Waals surface area contributed by atoms with Crippen molar-refractivity contribution in [1.82, 2.24) is 4.90 Å². The summed E-state index contributed by atoms with van der Waals surface area (Å²) < 4.78 is 38.2. The lowest BCUT2D eigenvalue weighted by Crippen LogP contribution is -2.49. The number of fused-ring (bicyclic) bond motifs is 1. The zero-order chi connectivity index (χ0) is 14.9. The average molecular weight is 287 g/mol. The summed E-state index contributed by atoms with van der Waals surface area (Å²) in [6.45, 7) is 2.49. The number of aryl methyl sites for hydroxylation is 1. The number of aliphatic hydroxyl groups is 1. The van der Waals surface area contributed by atoms with Crippen LogP contribution in [0.15, 0.2) is 24.3 Å². The molecule has 1 aliphatic carbocycles. The van der Waals surface area contributed by atoms with Gasteiger partial charge in [-0.05, 0) is 37.8 Å². The van der Waals surface area contributed by atoms with Gasteiger partial charge in [-0.2, -0.15) is 13.2 Å². The highest BCUT2D eigenvalue weighted by atomic mass is 19.4. The van der Waals surface area contributed by atoms with E-state index in [0.29, 0.717) is 12.8 Å². The van der Waals surface area contributed by atoms with Crippen LogP contribution in [-0.2, 0) is 6.42 Å². The van der Waals surface area contributed by atoms with Crippen molar-refractivity contribution in [3.05, 3.63) is 35.4 Å². The molecule has 1 N–H and O–H groups in total. The van der Waals surface area contributed by atoms with Crippen LogP contribution in [0.2, 0.25) is 0 Å². The zero-order valence-corrected chi connectivity index (χ0v) is 11.7. The van der Waals surface area contributed by atoms with Crippen molar-refractivity contribution in [2.24, 2.45) is 0 Å². The van der Waals surface area contributed by atoms with Gasteiger partial charge in [0.05, 0.1) is 12.6 Å². The monoisotopic (exact) mass is 287 g/mol. The average Bonchev–Trinajstić information content (AvgIpc) is 2.36.